The molecule has 0 aliphatic carbocycles. The Morgan fingerprint density at radius 3 is 1.12 bits per heavy atom. The summed E-state index contributed by atoms with van der Waals surface area (Å²) in [5.74, 6) is -1.02. The van der Waals surface area contributed by atoms with Gasteiger partial charge in [0.05, 0.1) is 0 Å². The van der Waals surface area contributed by atoms with Gasteiger partial charge in [-0.15, -0.1) is 0 Å². The lowest BCUT2D eigenvalue weighted by Gasteiger charge is -2.22. The summed E-state index contributed by atoms with van der Waals surface area (Å²) < 4.78 is 132. The standard InChI is InChI=1S/C36H24F6O6S2/c1-21-31(23-11-15-27(16-12-23)47-49(43,44)35(37,38)39)19-25-7-3-5-9-29(25)33(21)34-22(2)32(20-26-8-4-6-10-30(26)34)24-13-17-28(18-14-24)48-50(45,46)36(40,41)42/h3-20H,1-2H3. The van der Waals surface area contributed by atoms with Gasteiger partial charge in [0, 0.05) is 0 Å². The van der Waals surface area contributed by atoms with E-state index >= 15 is 0 Å². The molecular weight excluding hydrogens is 707 g/mol. The predicted molar refractivity (Wildman–Crippen MR) is 178 cm³/mol. The summed E-state index contributed by atoms with van der Waals surface area (Å²) in [5, 5.41) is 3.45. The Kier molecular flexibility index (Phi) is 8.59. The molecule has 14 heteroatoms. The molecule has 0 aromatic heterocycles. The molecule has 0 saturated heterocycles. The molecule has 0 saturated carbocycles. The van der Waals surface area contributed by atoms with Gasteiger partial charge in [-0.2, -0.15) is 43.2 Å². The molecule has 0 heterocycles. The average molecular weight is 731 g/mol. The zero-order valence-corrected chi connectivity index (χ0v) is 27.6. The predicted octanol–water partition coefficient (Wildman–Crippen LogP) is 10.1. The van der Waals surface area contributed by atoms with Gasteiger partial charge in [-0.05, 0) is 116 Å². The zero-order chi connectivity index (χ0) is 36.2. The summed E-state index contributed by atoms with van der Waals surface area (Å²) in [6, 6.07) is 29.5. The van der Waals surface area contributed by atoms with Crippen LogP contribution in [-0.4, -0.2) is 27.9 Å². The summed E-state index contributed by atoms with van der Waals surface area (Å²) in [6.45, 7) is 3.79. The van der Waals surface area contributed by atoms with E-state index in [1.165, 1.54) is 24.3 Å². The van der Waals surface area contributed by atoms with Crippen LogP contribution in [0.25, 0.3) is 54.9 Å². The molecule has 50 heavy (non-hydrogen) atoms. The molecule has 6 nitrogen and oxygen atoms in total. The Hall–Kier alpha value is -5.08. The molecule has 0 aliphatic heterocycles. The van der Waals surface area contributed by atoms with Crippen LogP contribution in [-0.2, 0) is 20.2 Å². The van der Waals surface area contributed by atoms with Gasteiger partial charge >= 0.3 is 31.3 Å². The van der Waals surface area contributed by atoms with Crippen molar-refractivity contribution in [1.82, 2.24) is 0 Å². The Morgan fingerprint density at radius 2 is 0.800 bits per heavy atom. The molecular formula is C36H24F6O6S2. The van der Waals surface area contributed by atoms with E-state index in [4.69, 9.17) is 0 Å². The van der Waals surface area contributed by atoms with Crippen LogP contribution in [0.1, 0.15) is 11.1 Å². The smallest absolute Gasteiger partial charge is 0.376 e. The SMILES string of the molecule is Cc1c(-c2ccc(OS(=O)(=O)C(F)(F)F)cc2)cc2ccccc2c1-c1c(C)c(-c2ccc(OS(=O)(=O)C(F)(F)F)cc2)cc2ccccc12. The molecule has 0 amide bonds. The van der Waals surface area contributed by atoms with Crippen LogP contribution in [0, 0.1) is 13.8 Å². The van der Waals surface area contributed by atoms with Gasteiger partial charge in [-0.3, -0.25) is 0 Å². The first-order chi connectivity index (χ1) is 23.4. The van der Waals surface area contributed by atoms with E-state index in [1.54, 1.807) is 0 Å². The molecule has 0 radical (unpaired) electrons. The van der Waals surface area contributed by atoms with E-state index in [2.05, 4.69) is 8.37 Å². The summed E-state index contributed by atoms with van der Waals surface area (Å²) in [6.07, 6.45) is 0. The topological polar surface area (TPSA) is 86.7 Å². The van der Waals surface area contributed by atoms with Crippen molar-refractivity contribution in [2.45, 2.75) is 24.9 Å². The van der Waals surface area contributed by atoms with Crippen molar-refractivity contribution in [1.29, 1.82) is 0 Å². The second-order valence-electron chi connectivity index (χ2n) is 11.3. The van der Waals surface area contributed by atoms with Crippen LogP contribution in [0.5, 0.6) is 11.5 Å². The zero-order valence-electron chi connectivity index (χ0n) is 25.9. The number of alkyl halides is 6. The molecule has 6 aromatic carbocycles. The Labute approximate surface area is 282 Å². The molecule has 258 valence electrons. The van der Waals surface area contributed by atoms with Crippen LogP contribution < -0.4 is 8.37 Å². The normalized spacial score (nSPS) is 12.7. The Bertz CT molecular complexity index is 2320. The summed E-state index contributed by atoms with van der Waals surface area (Å²) in [5.41, 5.74) is -5.33. The maximum absolute atomic E-state index is 12.9. The minimum Gasteiger partial charge on any atom is -0.376 e. The molecule has 0 atom stereocenters. The van der Waals surface area contributed by atoms with E-state index in [-0.39, 0.29) is 0 Å². The molecule has 0 unspecified atom stereocenters. The lowest BCUT2D eigenvalue weighted by Crippen LogP contribution is -2.28. The summed E-state index contributed by atoms with van der Waals surface area (Å²) >= 11 is 0. The summed E-state index contributed by atoms with van der Waals surface area (Å²) in [7, 11) is -11.7. The fourth-order valence-electron chi connectivity index (χ4n) is 5.87. The van der Waals surface area contributed by atoms with Crippen LogP contribution >= 0.6 is 0 Å². The van der Waals surface area contributed by atoms with E-state index < -0.39 is 42.8 Å². The number of benzene rings is 6. The third-order valence-electron chi connectivity index (χ3n) is 8.18. The highest BCUT2D eigenvalue weighted by atomic mass is 32.2. The van der Waals surface area contributed by atoms with Gasteiger partial charge in [0.15, 0.2) is 0 Å². The quantitative estimate of drug-likeness (QED) is 0.0924. The highest BCUT2D eigenvalue weighted by Crippen LogP contribution is 2.45. The van der Waals surface area contributed by atoms with E-state index in [0.29, 0.717) is 22.3 Å². The Balaban J connectivity index is 1.52. The van der Waals surface area contributed by atoms with Gasteiger partial charge in [0.2, 0.25) is 0 Å². The van der Waals surface area contributed by atoms with Crippen molar-refractivity contribution in [2.75, 3.05) is 0 Å². The van der Waals surface area contributed by atoms with Crippen molar-refractivity contribution in [3.63, 3.8) is 0 Å². The minimum atomic E-state index is -5.86. The third-order valence-corrected chi connectivity index (χ3v) is 10.1. The van der Waals surface area contributed by atoms with Crippen molar-refractivity contribution < 1.29 is 51.5 Å². The van der Waals surface area contributed by atoms with Gasteiger partial charge in [0.1, 0.15) is 11.5 Å². The van der Waals surface area contributed by atoms with Crippen LogP contribution in [0.4, 0.5) is 26.3 Å². The maximum atomic E-state index is 12.9. The third kappa shape index (κ3) is 6.36. The molecule has 6 aromatic rings. The number of hydrogen-bond donors (Lipinski definition) is 0. The number of rotatable bonds is 7. The number of fused-ring (bicyclic) bond motifs is 2. The average Bonchev–Trinajstić information content (AvgIpc) is 3.04. The van der Waals surface area contributed by atoms with Gasteiger partial charge in [-0.25, -0.2) is 0 Å². The number of hydrogen-bond acceptors (Lipinski definition) is 6. The minimum absolute atomic E-state index is 0.508. The van der Waals surface area contributed by atoms with Gasteiger partial charge < -0.3 is 8.37 Å². The second-order valence-corrected chi connectivity index (χ2v) is 14.4. The van der Waals surface area contributed by atoms with Crippen molar-refractivity contribution in [3.8, 4) is 44.9 Å². The van der Waals surface area contributed by atoms with Crippen molar-refractivity contribution >= 4 is 41.8 Å². The van der Waals surface area contributed by atoms with Crippen molar-refractivity contribution in [3.05, 3.63) is 120 Å². The van der Waals surface area contributed by atoms with Gasteiger partial charge in [0.25, 0.3) is 0 Å². The van der Waals surface area contributed by atoms with Crippen LogP contribution in [0.15, 0.2) is 109 Å². The van der Waals surface area contributed by atoms with E-state index in [0.717, 1.165) is 68.1 Å². The monoisotopic (exact) mass is 730 g/mol. The van der Waals surface area contributed by atoms with Gasteiger partial charge in [-0.1, -0.05) is 72.8 Å². The van der Waals surface area contributed by atoms with E-state index in [1.807, 2.05) is 74.5 Å². The summed E-state index contributed by atoms with van der Waals surface area (Å²) in [4.78, 5) is 0. The second kappa shape index (κ2) is 12.4. The first-order valence-corrected chi connectivity index (χ1v) is 17.5. The molecule has 0 N–H and O–H groups in total. The molecule has 0 fully saturated rings. The lowest BCUT2D eigenvalue weighted by molar-refractivity contribution is -0.0504. The fourth-order valence-corrected chi connectivity index (χ4v) is 6.79. The van der Waals surface area contributed by atoms with Crippen molar-refractivity contribution in [2.24, 2.45) is 0 Å². The molecule has 0 spiro atoms. The molecule has 0 aliphatic rings. The maximum Gasteiger partial charge on any atom is 0.534 e. The lowest BCUT2D eigenvalue weighted by atomic mass is 9.82. The number of halogens is 6. The molecule has 0 bridgehead atoms. The first kappa shape index (κ1) is 34.8. The molecule has 6 rings (SSSR count). The van der Waals surface area contributed by atoms with Crippen LogP contribution in [0.3, 0.4) is 0 Å². The fraction of sp³-hybridized carbons (Fsp3) is 0.111. The Morgan fingerprint density at radius 1 is 0.480 bits per heavy atom. The first-order valence-electron chi connectivity index (χ1n) is 14.7. The highest BCUT2D eigenvalue weighted by molar-refractivity contribution is 7.88. The largest absolute Gasteiger partial charge is 0.534 e. The highest BCUT2D eigenvalue weighted by Gasteiger charge is 2.49. The van der Waals surface area contributed by atoms with E-state index in [9.17, 15) is 43.2 Å². The van der Waals surface area contributed by atoms with Crippen LogP contribution in [0.2, 0.25) is 0 Å².